The number of aryl methyl sites for hydroxylation is 2. The van der Waals surface area contributed by atoms with Crippen LogP contribution in [-0.2, 0) is 36.4 Å². The summed E-state index contributed by atoms with van der Waals surface area (Å²) in [6.07, 6.45) is 1.31. The summed E-state index contributed by atoms with van der Waals surface area (Å²) < 4.78 is 44.1. The summed E-state index contributed by atoms with van der Waals surface area (Å²) in [6.45, 7) is 12.7. The van der Waals surface area contributed by atoms with Crippen molar-refractivity contribution in [1.29, 1.82) is 0 Å². The van der Waals surface area contributed by atoms with Gasteiger partial charge in [0.2, 0.25) is 0 Å². The van der Waals surface area contributed by atoms with Crippen molar-refractivity contribution in [2.24, 2.45) is 5.92 Å². The monoisotopic (exact) mass is 619 g/mol. The fraction of sp³-hybridized carbons (Fsp3) is 0.516. The summed E-state index contributed by atoms with van der Waals surface area (Å²) in [5, 5.41) is 20.8. The number of aliphatic hydroxyl groups excluding tert-OH is 1. The number of ether oxygens (including phenoxy) is 2. The molecule has 0 saturated carbocycles. The fourth-order valence-corrected chi connectivity index (χ4v) is 7.44. The zero-order valence-corrected chi connectivity index (χ0v) is 26.7. The van der Waals surface area contributed by atoms with Gasteiger partial charge in [0.25, 0.3) is 0 Å². The molecule has 1 fully saturated rings. The Bertz CT molecular complexity index is 1440. The standard InChI is InChI=1S/C31H41NO8S2/c1-20(2)31(12-11-22-7-9-23(33)10-8-22)19-25(34)28(29(35)39-31)41-27-17-21(3)26(18-24(27)30(4,5)6)40-42(36,37)32-13-15-38-16-14-32/h7-10,17-18,20,33-34H,11-16,19H2,1-6H3. The molecule has 0 aromatic heterocycles. The van der Waals surface area contributed by atoms with Gasteiger partial charge in [0.1, 0.15) is 27.8 Å². The number of cyclic esters (lactones) is 1. The Kier molecular flexibility index (Phi) is 9.56. The second kappa shape index (κ2) is 12.5. The van der Waals surface area contributed by atoms with Crippen LogP contribution in [0.3, 0.4) is 0 Å². The van der Waals surface area contributed by atoms with E-state index in [1.807, 2.05) is 46.8 Å². The third-order valence-corrected chi connectivity index (χ3v) is 10.4. The normalized spacial score (nSPS) is 20.6. The lowest BCUT2D eigenvalue weighted by molar-refractivity contribution is -0.164. The van der Waals surface area contributed by atoms with E-state index in [0.29, 0.717) is 36.5 Å². The van der Waals surface area contributed by atoms with Crippen LogP contribution in [-0.4, -0.2) is 60.8 Å². The van der Waals surface area contributed by atoms with Gasteiger partial charge in [0.15, 0.2) is 0 Å². The lowest BCUT2D eigenvalue weighted by atomic mass is 9.80. The Balaban J connectivity index is 1.61. The number of hydrogen-bond acceptors (Lipinski definition) is 9. The maximum absolute atomic E-state index is 13.4. The smallest absolute Gasteiger partial charge is 0.385 e. The minimum Gasteiger partial charge on any atom is -0.511 e. The summed E-state index contributed by atoms with van der Waals surface area (Å²) >= 11 is 1.13. The summed E-state index contributed by atoms with van der Waals surface area (Å²) in [6, 6.07) is 10.4. The van der Waals surface area contributed by atoms with Gasteiger partial charge in [-0.05, 0) is 72.1 Å². The highest BCUT2D eigenvalue weighted by Gasteiger charge is 2.44. The van der Waals surface area contributed by atoms with Gasteiger partial charge in [-0.15, -0.1) is 0 Å². The molecule has 1 saturated heterocycles. The number of carbonyl (C=O) groups excluding carboxylic acids is 1. The lowest BCUT2D eigenvalue weighted by Gasteiger charge is -2.40. The van der Waals surface area contributed by atoms with Crippen LogP contribution in [0.15, 0.2) is 52.0 Å². The fourth-order valence-electron chi connectivity index (χ4n) is 5.09. The summed E-state index contributed by atoms with van der Waals surface area (Å²) in [5.74, 6) is -0.260. The average Bonchev–Trinajstić information content (AvgIpc) is 2.91. The van der Waals surface area contributed by atoms with Crippen LogP contribution >= 0.6 is 11.8 Å². The molecule has 4 rings (SSSR count). The van der Waals surface area contributed by atoms with Crippen LogP contribution in [0.4, 0.5) is 0 Å². The number of rotatable bonds is 9. The largest absolute Gasteiger partial charge is 0.511 e. The highest BCUT2D eigenvalue weighted by Crippen LogP contribution is 2.46. The number of esters is 1. The number of aliphatic hydroxyl groups is 1. The van der Waals surface area contributed by atoms with E-state index in [2.05, 4.69) is 0 Å². The first-order chi connectivity index (χ1) is 19.6. The van der Waals surface area contributed by atoms with Crippen molar-refractivity contribution in [1.82, 2.24) is 4.31 Å². The Hall–Kier alpha value is -2.73. The van der Waals surface area contributed by atoms with Crippen molar-refractivity contribution in [3.8, 4) is 11.5 Å². The van der Waals surface area contributed by atoms with Gasteiger partial charge in [-0.3, -0.25) is 0 Å². The van der Waals surface area contributed by atoms with Gasteiger partial charge >= 0.3 is 16.3 Å². The highest BCUT2D eigenvalue weighted by atomic mass is 32.2. The molecule has 0 aliphatic carbocycles. The first-order valence-electron chi connectivity index (χ1n) is 14.1. The van der Waals surface area contributed by atoms with Crippen LogP contribution < -0.4 is 4.18 Å². The van der Waals surface area contributed by atoms with Crippen molar-refractivity contribution < 1.29 is 37.1 Å². The molecule has 9 nitrogen and oxygen atoms in total. The molecule has 0 amide bonds. The van der Waals surface area contributed by atoms with Crippen molar-refractivity contribution >= 4 is 28.0 Å². The van der Waals surface area contributed by atoms with Crippen LogP contribution in [0.25, 0.3) is 0 Å². The molecule has 2 aromatic rings. The zero-order valence-electron chi connectivity index (χ0n) is 25.1. The van der Waals surface area contributed by atoms with Gasteiger partial charge in [-0.1, -0.05) is 58.5 Å². The molecule has 2 aliphatic heterocycles. The molecule has 230 valence electrons. The maximum Gasteiger partial charge on any atom is 0.385 e. The Morgan fingerprint density at radius 2 is 1.74 bits per heavy atom. The lowest BCUT2D eigenvalue weighted by Crippen LogP contribution is -2.44. The second-order valence-electron chi connectivity index (χ2n) is 12.2. The van der Waals surface area contributed by atoms with Crippen molar-refractivity contribution in [2.75, 3.05) is 26.3 Å². The molecule has 2 N–H and O–H groups in total. The topological polar surface area (TPSA) is 123 Å². The molecular formula is C31H41NO8S2. The molecule has 0 spiro atoms. The molecule has 0 bridgehead atoms. The van der Waals surface area contributed by atoms with Crippen LogP contribution in [0.1, 0.15) is 64.2 Å². The molecule has 2 heterocycles. The first-order valence-corrected chi connectivity index (χ1v) is 16.3. The van der Waals surface area contributed by atoms with E-state index < -0.39 is 27.3 Å². The summed E-state index contributed by atoms with van der Waals surface area (Å²) in [7, 11) is -4.02. The van der Waals surface area contributed by atoms with Crippen LogP contribution in [0.2, 0.25) is 0 Å². The average molecular weight is 620 g/mol. The number of phenols is 1. The molecule has 2 aliphatic rings. The minimum absolute atomic E-state index is 0.0246. The highest BCUT2D eigenvalue weighted by molar-refractivity contribution is 8.04. The number of thioether (sulfide) groups is 1. The van der Waals surface area contributed by atoms with Crippen LogP contribution in [0.5, 0.6) is 11.5 Å². The van der Waals surface area contributed by atoms with Crippen LogP contribution in [0, 0.1) is 12.8 Å². The number of hydrogen-bond donors (Lipinski definition) is 2. The minimum atomic E-state index is -4.02. The Labute approximate surface area is 253 Å². The van der Waals surface area contributed by atoms with E-state index in [9.17, 15) is 23.4 Å². The van der Waals surface area contributed by atoms with Crippen molar-refractivity contribution in [3.63, 3.8) is 0 Å². The summed E-state index contributed by atoms with van der Waals surface area (Å²) in [4.78, 5) is 14.3. The molecule has 1 atom stereocenters. The van der Waals surface area contributed by atoms with E-state index in [1.165, 1.54) is 4.31 Å². The predicted molar refractivity (Wildman–Crippen MR) is 162 cm³/mol. The predicted octanol–water partition coefficient (Wildman–Crippen LogP) is 5.79. The third kappa shape index (κ3) is 7.24. The molecule has 42 heavy (non-hydrogen) atoms. The van der Waals surface area contributed by atoms with Crippen molar-refractivity contribution in [3.05, 3.63) is 63.8 Å². The van der Waals surface area contributed by atoms with Gasteiger partial charge in [0, 0.05) is 24.4 Å². The van der Waals surface area contributed by atoms with E-state index in [0.717, 1.165) is 22.9 Å². The van der Waals surface area contributed by atoms with Gasteiger partial charge < -0.3 is 23.9 Å². The van der Waals surface area contributed by atoms with Gasteiger partial charge in [0.05, 0.1) is 13.2 Å². The van der Waals surface area contributed by atoms with E-state index in [1.54, 1.807) is 31.2 Å². The SMILES string of the molecule is Cc1cc(SC2=C(O)CC(CCc3ccc(O)cc3)(C(C)C)OC2=O)c(C(C)(C)C)cc1OS(=O)(=O)N1CCOCC1. The first kappa shape index (κ1) is 32.2. The maximum atomic E-state index is 13.4. The number of morpholine rings is 1. The molecule has 0 radical (unpaired) electrons. The van der Waals surface area contributed by atoms with E-state index >= 15 is 0 Å². The number of benzene rings is 2. The van der Waals surface area contributed by atoms with Gasteiger partial charge in [-0.2, -0.15) is 12.7 Å². The second-order valence-corrected chi connectivity index (χ2v) is 14.8. The number of phenolic OH excluding ortho intramolecular Hbond substituents is 1. The van der Waals surface area contributed by atoms with Crippen molar-refractivity contribution in [2.45, 2.75) is 76.7 Å². The Morgan fingerprint density at radius 1 is 1.10 bits per heavy atom. The van der Waals surface area contributed by atoms with Gasteiger partial charge in [-0.25, -0.2) is 4.79 Å². The quantitative estimate of drug-likeness (QED) is 0.336. The summed E-state index contributed by atoms with van der Waals surface area (Å²) in [5.41, 5.74) is 1.04. The van der Waals surface area contributed by atoms with E-state index in [4.69, 9.17) is 13.7 Å². The van der Waals surface area contributed by atoms with E-state index in [-0.39, 0.29) is 47.6 Å². The zero-order chi connectivity index (χ0) is 30.9. The molecule has 11 heteroatoms. The molecular weight excluding hydrogens is 578 g/mol. The molecule has 2 aromatic carbocycles. The number of aromatic hydroxyl groups is 1. The third-order valence-electron chi connectivity index (χ3n) is 7.81. The molecule has 1 unspecified atom stereocenters. The Morgan fingerprint density at radius 3 is 2.31 bits per heavy atom. The number of carbonyl (C=O) groups is 1. The number of nitrogens with zero attached hydrogens (tertiary/aromatic N) is 1.